The van der Waals surface area contributed by atoms with Crippen LogP contribution in [0.5, 0.6) is 17.2 Å². The summed E-state index contributed by atoms with van der Waals surface area (Å²) in [5.74, 6) is -0.264. The van der Waals surface area contributed by atoms with E-state index in [0.29, 0.717) is 36.6 Å². The average Bonchev–Trinajstić information content (AvgIpc) is 2.79. The van der Waals surface area contributed by atoms with Gasteiger partial charge in [0.15, 0.2) is 18.1 Å². The number of halogens is 3. The van der Waals surface area contributed by atoms with Crippen molar-refractivity contribution in [2.45, 2.75) is 19.3 Å². The number of ether oxygens (including phenoxy) is 4. The molecule has 2 aromatic rings. The first-order chi connectivity index (χ1) is 15.7. The fourth-order valence-corrected chi connectivity index (χ4v) is 3.31. The van der Waals surface area contributed by atoms with Crippen LogP contribution in [0.25, 0.3) is 6.08 Å². The van der Waals surface area contributed by atoms with Gasteiger partial charge in [-0.05, 0) is 53.5 Å². The molecule has 7 nitrogen and oxygen atoms in total. The van der Waals surface area contributed by atoms with Gasteiger partial charge in [-0.3, -0.25) is 4.79 Å². The van der Waals surface area contributed by atoms with Gasteiger partial charge < -0.3 is 23.8 Å². The topological polar surface area (TPSA) is 74.3 Å². The predicted octanol–water partition coefficient (Wildman–Crippen LogP) is 3.74. The standard InChI is InChI=1S/C23H22F3NO6/c1-30-19-11-16-9-10-27(13-17(16)12-20(19)31-2)21(28)14-32-22(29)8-5-15-3-6-18(7-4-15)33-23(24,25)26/h3-8,11-12H,9-10,13-14H2,1-2H3/b8-5+. The fourth-order valence-electron chi connectivity index (χ4n) is 3.31. The highest BCUT2D eigenvalue weighted by Crippen LogP contribution is 2.33. The smallest absolute Gasteiger partial charge is 0.493 e. The number of hydrogen-bond donors (Lipinski definition) is 0. The van der Waals surface area contributed by atoms with E-state index in [4.69, 9.17) is 14.2 Å². The molecular weight excluding hydrogens is 443 g/mol. The molecule has 1 aliphatic rings. The highest BCUT2D eigenvalue weighted by Gasteiger charge is 2.31. The molecular formula is C23H22F3NO6. The van der Waals surface area contributed by atoms with Crippen molar-refractivity contribution < 1.29 is 41.7 Å². The van der Waals surface area contributed by atoms with E-state index in [0.717, 1.165) is 29.3 Å². The average molecular weight is 465 g/mol. The largest absolute Gasteiger partial charge is 0.573 e. The molecule has 10 heteroatoms. The van der Waals surface area contributed by atoms with E-state index >= 15 is 0 Å². The Hall–Kier alpha value is -3.69. The van der Waals surface area contributed by atoms with Gasteiger partial charge in [-0.1, -0.05) is 12.1 Å². The zero-order valence-corrected chi connectivity index (χ0v) is 18.0. The number of fused-ring (bicyclic) bond motifs is 1. The monoisotopic (exact) mass is 465 g/mol. The minimum atomic E-state index is -4.77. The summed E-state index contributed by atoms with van der Waals surface area (Å²) in [6.45, 7) is 0.402. The number of benzene rings is 2. The normalized spacial score (nSPS) is 13.4. The summed E-state index contributed by atoms with van der Waals surface area (Å²) in [5.41, 5.74) is 2.45. The van der Waals surface area contributed by atoms with Crippen LogP contribution in [0.3, 0.4) is 0 Å². The highest BCUT2D eigenvalue weighted by molar-refractivity contribution is 5.89. The second kappa shape index (κ2) is 10.3. The van der Waals surface area contributed by atoms with Crippen molar-refractivity contribution in [1.82, 2.24) is 4.90 Å². The lowest BCUT2D eigenvalue weighted by Gasteiger charge is -2.29. The first-order valence-corrected chi connectivity index (χ1v) is 9.90. The van der Waals surface area contributed by atoms with Crippen LogP contribution in [0.4, 0.5) is 13.2 Å². The molecule has 0 atom stereocenters. The molecule has 0 fully saturated rings. The van der Waals surface area contributed by atoms with E-state index in [1.807, 2.05) is 12.1 Å². The third kappa shape index (κ3) is 6.64. The first-order valence-electron chi connectivity index (χ1n) is 9.90. The second-order valence-corrected chi connectivity index (χ2v) is 7.10. The molecule has 0 bridgehead atoms. The highest BCUT2D eigenvalue weighted by atomic mass is 19.4. The molecule has 0 aromatic heterocycles. The van der Waals surface area contributed by atoms with Crippen molar-refractivity contribution in [3.05, 3.63) is 59.2 Å². The van der Waals surface area contributed by atoms with Gasteiger partial charge in [0.05, 0.1) is 14.2 Å². The SMILES string of the molecule is COc1cc2c(cc1OC)CN(C(=O)COC(=O)/C=C/c1ccc(OC(F)(F)F)cc1)CC2. The Kier molecular flexibility index (Phi) is 7.47. The van der Waals surface area contributed by atoms with E-state index in [2.05, 4.69) is 4.74 Å². The maximum Gasteiger partial charge on any atom is 0.573 e. The van der Waals surface area contributed by atoms with Gasteiger partial charge in [0.2, 0.25) is 0 Å². The van der Waals surface area contributed by atoms with Crippen LogP contribution in [-0.4, -0.2) is 50.5 Å². The molecule has 1 heterocycles. The molecule has 1 aliphatic heterocycles. The number of nitrogens with zero attached hydrogens (tertiary/aromatic N) is 1. The molecule has 0 saturated carbocycles. The molecule has 176 valence electrons. The fraction of sp³-hybridized carbons (Fsp3) is 0.304. The van der Waals surface area contributed by atoms with Crippen LogP contribution in [0.2, 0.25) is 0 Å². The molecule has 0 aliphatic carbocycles. The molecule has 0 N–H and O–H groups in total. The van der Waals surface area contributed by atoms with Gasteiger partial charge in [0.25, 0.3) is 5.91 Å². The number of esters is 1. The number of rotatable bonds is 7. The Morgan fingerprint density at radius 1 is 1.03 bits per heavy atom. The number of carbonyl (C=O) groups is 2. The maximum absolute atomic E-state index is 12.5. The number of methoxy groups -OCH3 is 2. The predicted molar refractivity (Wildman–Crippen MR) is 112 cm³/mol. The lowest BCUT2D eigenvalue weighted by Crippen LogP contribution is -2.38. The quantitative estimate of drug-likeness (QED) is 0.458. The lowest BCUT2D eigenvalue weighted by atomic mass is 9.99. The van der Waals surface area contributed by atoms with Gasteiger partial charge in [-0.15, -0.1) is 13.2 Å². The molecule has 0 unspecified atom stereocenters. The summed E-state index contributed by atoms with van der Waals surface area (Å²) in [7, 11) is 3.09. The van der Waals surface area contributed by atoms with Crippen molar-refractivity contribution in [1.29, 1.82) is 0 Å². The Morgan fingerprint density at radius 2 is 1.67 bits per heavy atom. The summed E-state index contributed by atoms with van der Waals surface area (Å²) >= 11 is 0. The van der Waals surface area contributed by atoms with Gasteiger partial charge in [-0.2, -0.15) is 0 Å². The summed E-state index contributed by atoms with van der Waals surface area (Å²) in [4.78, 5) is 26.0. The van der Waals surface area contributed by atoms with Gasteiger partial charge >= 0.3 is 12.3 Å². The Bertz CT molecular complexity index is 1030. The number of hydrogen-bond acceptors (Lipinski definition) is 6. The molecule has 33 heavy (non-hydrogen) atoms. The Morgan fingerprint density at radius 3 is 2.27 bits per heavy atom. The van der Waals surface area contributed by atoms with Crippen molar-refractivity contribution in [3.8, 4) is 17.2 Å². The molecule has 0 spiro atoms. The number of amides is 1. The van der Waals surface area contributed by atoms with Crippen molar-refractivity contribution in [2.24, 2.45) is 0 Å². The molecule has 0 radical (unpaired) electrons. The number of carbonyl (C=O) groups excluding carboxylic acids is 2. The molecule has 2 aromatic carbocycles. The van der Waals surface area contributed by atoms with E-state index in [1.54, 1.807) is 12.0 Å². The molecule has 1 amide bonds. The van der Waals surface area contributed by atoms with Crippen LogP contribution >= 0.6 is 0 Å². The van der Waals surface area contributed by atoms with Crippen molar-refractivity contribution >= 4 is 18.0 Å². The summed E-state index contributed by atoms with van der Waals surface area (Å²) in [6, 6.07) is 8.67. The minimum Gasteiger partial charge on any atom is -0.493 e. The van der Waals surface area contributed by atoms with Gasteiger partial charge in [0, 0.05) is 19.2 Å². The van der Waals surface area contributed by atoms with Gasteiger partial charge in [0.1, 0.15) is 5.75 Å². The van der Waals surface area contributed by atoms with E-state index < -0.39 is 18.9 Å². The van der Waals surface area contributed by atoms with Crippen LogP contribution < -0.4 is 14.2 Å². The molecule has 3 rings (SSSR count). The summed E-state index contributed by atoms with van der Waals surface area (Å²) < 4.78 is 55.9. The van der Waals surface area contributed by atoms with E-state index in [1.165, 1.54) is 25.3 Å². The van der Waals surface area contributed by atoms with Crippen LogP contribution in [-0.2, 0) is 27.3 Å². The van der Waals surface area contributed by atoms with Crippen LogP contribution in [0.15, 0.2) is 42.5 Å². The van der Waals surface area contributed by atoms with Gasteiger partial charge in [-0.25, -0.2) is 4.79 Å². The van der Waals surface area contributed by atoms with E-state index in [9.17, 15) is 22.8 Å². The van der Waals surface area contributed by atoms with Crippen molar-refractivity contribution in [3.63, 3.8) is 0 Å². The van der Waals surface area contributed by atoms with Crippen LogP contribution in [0, 0.1) is 0 Å². The Labute approximate surface area is 188 Å². The third-order valence-corrected chi connectivity index (χ3v) is 4.93. The Balaban J connectivity index is 1.51. The van der Waals surface area contributed by atoms with Crippen molar-refractivity contribution in [2.75, 3.05) is 27.4 Å². The van der Waals surface area contributed by atoms with Crippen LogP contribution in [0.1, 0.15) is 16.7 Å². The van der Waals surface area contributed by atoms with E-state index in [-0.39, 0.29) is 11.7 Å². The lowest BCUT2D eigenvalue weighted by molar-refractivity contribution is -0.274. The summed E-state index contributed by atoms with van der Waals surface area (Å²) in [5, 5.41) is 0. The first kappa shape index (κ1) is 24.0. The summed E-state index contributed by atoms with van der Waals surface area (Å²) in [6.07, 6.45) is -1.69. The zero-order chi connectivity index (χ0) is 24.0. The molecule has 0 saturated heterocycles. The third-order valence-electron chi connectivity index (χ3n) is 4.93. The number of alkyl halides is 3. The maximum atomic E-state index is 12.5. The minimum absolute atomic E-state index is 0.342. The zero-order valence-electron chi connectivity index (χ0n) is 18.0. The second-order valence-electron chi connectivity index (χ2n) is 7.10.